The number of aryl methyl sites for hydroxylation is 1. The van der Waals surface area contributed by atoms with Crippen LogP contribution >= 0.6 is 0 Å². The Morgan fingerprint density at radius 2 is 2.14 bits per heavy atom. The van der Waals surface area contributed by atoms with Crippen LogP contribution in [0.5, 0.6) is 0 Å². The second-order valence-electron chi connectivity index (χ2n) is 5.07. The molecule has 8 heteroatoms. The summed E-state index contributed by atoms with van der Waals surface area (Å²) >= 11 is 0. The summed E-state index contributed by atoms with van der Waals surface area (Å²) in [5, 5.41) is 13.5. The molecule has 1 unspecified atom stereocenters. The minimum Gasteiger partial charge on any atom is -0.310 e. The van der Waals surface area contributed by atoms with Crippen molar-refractivity contribution in [2.24, 2.45) is 0 Å². The van der Waals surface area contributed by atoms with Crippen molar-refractivity contribution in [2.45, 2.75) is 19.3 Å². The lowest BCUT2D eigenvalue weighted by atomic mass is 9.86. The molecule has 2 heterocycles. The highest BCUT2D eigenvalue weighted by atomic mass is 16.6. The molecule has 1 amide bonds. The Hall–Kier alpha value is -3.03. The highest BCUT2D eigenvalue weighted by molar-refractivity contribution is 5.94. The zero-order valence-corrected chi connectivity index (χ0v) is 11.6. The molecule has 2 aromatic rings. The van der Waals surface area contributed by atoms with Gasteiger partial charge in [0, 0.05) is 24.5 Å². The Bertz CT molecular complexity index is 843. The molecule has 0 bridgehead atoms. The molecule has 0 spiro atoms. The van der Waals surface area contributed by atoms with E-state index >= 15 is 0 Å². The topological polar surface area (TPSA) is 118 Å². The molecule has 1 aliphatic rings. The number of fused-ring (bicyclic) bond motifs is 1. The fraction of sp³-hybridized carbons (Fsp3) is 0.214. The number of carbonyl (C=O) groups is 1. The Morgan fingerprint density at radius 1 is 1.36 bits per heavy atom. The first-order valence-corrected chi connectivity index (χ1v) is 6.60. The minimum absolute atomic E-state index is 0.0436. The van der Waals surface area contributed by atoms with Crippen LogP contribution in [0, 0.1) is 17.0 Å². The van der Waals surface area contributed by atoms with Crippen LogP contribution in [0.1, 0.15) is 29.3 Å². The molecular formula is C14H12N4O4. The molecule has 2 N–H and O–H groups in total. The number of nitro benzene ring substituents is 1. The molecule has 1 atom stereocenters. The number of nitro groups is 1. The first-order chi connectivity index (χ1) is 10.5. The van der Waals surface area contributed by atoms with E-state index in [1.165, 1.54) is 18.2 Å². The van der Waals surface area contributed by atoms with E-state index in [1.807, 2.05) is 0 Å². The lowest BCUT2D eigenvalue weighted by Gasteiger charge is -2.24. The third kappa shape index (κ3) is 2.34. The molecule has 0 saturated heterocycles. The van der Waals surface area contributed by atoms with Crippen molar-refractivity contribution in [2.75, 3.05) is 5.32 Å². The largest absolute Gasteiger partial charge is 0.310 e. The van der Waals surface area contributed by atoms with E-state index in [9.17, 15) is 19.7 Å². The molecule has 1 aromatic heterocycles. The molecule has 0 fully saturated rings. The number of H-pyrrole nitrogens is 1. The molecule has 8 nitrogen and oxygen atoms in total. The number of hydrogen-bond acceptors (Lipinski definition) is 5. The fourth-order valence-corrected chi connectivity index (χ4v) is 2.62. The maximum atomic E-state index is 12.2. The summed E-state index contributed by atoms with van der Waals surface area (Å²) in [6.45, 7) is 1.62. The van der Waals surface area contributed by atoms with E-state index in [4.69, 9.17) is 0 Å². The summed E-state index contributed by atoms with van der Waals surface area (Å²) in [6, 6.07) is 5.95. The predicted molar refractivity (Wildman–Crippen MR) is 77.8 cm³/mol. The third-order valence-corrected chi connectivity index (χ3v) is 3.55. The highest BCUT2D eigenvalue weighted by Crippen LogP contribution is 2.34. The molecule has 1 aliphatic heterocycles. The monoisotopic (exact) mass is 300 g/mol. The van der Waals surface area contributed by atoms with Crippen LogP contribution in [-0.2, 0) is 4.79 Å². The summed E-state index contributed by atoms with van der Waals surface area (Å²) < 4.78 is 0. The van der Waals surface area contributed by atoms with Crippen LogP contribution in [0.4, 0.5) is 11.5 Å². The number of hydrogen-bond donors (Lipinski definition) is 2. The van der Waals surface area contributed by atoms with Crippen LogP contribution in [0.25, 0.3) is 0 Å². The van der Waals surface area contributed by atoms with Gasteiger partial charge in [0.05, 0.1) is 10.5 Å². The normalized spacial score (nSPS) is 16.8. The Labute approximate surface area is 124 Å². The summed E-state index contributed by atoms with van der Waals surface area (Å²) in [7, 11) is 0. The summed E-state index contributed by atoms with van der Waals surface area (Å²) in [5.74, 6) is -0.222. The molecule has 0 radical (unpaired) electrons. The Morgan fingerprint density at radius 3 is 2.86 bits per heavy atom. The van der Waals surface area contributed by atoms with Crippen LogP contribution in [0.3, 0.4) is 0 Å². The molecule has 1 aromatic carbocycles. The number of non-ortho nitro benzene ring substituents is 1. The number of nitrogens with zero attached hydrogens (tertiary/aromatic N) is 2. The van der Waals surface area contributed by atoms with Crippen LogP contribution in [-0.4, -0.2) is 20.8 Å². The second kappa shape index (κ2) is 5.06. The van der Waals surface area contributed by atoms with Crippen molar-refractivity contribution in [3.8, 4) is 0 Å². The lowest BCUT2D eigenvalue weighted by molar-refractivity contribution is -0.384. The van der Waals surface area contributed by atoms with E-state index < -0.39 is 10.8 Å². The Kier molecular flexibility index (Phi) is 3.21. The second-order valence-corrected chi connectivity index (χ2v) is 5.07. The minimum atomic E-state index is -0.555. The Balaban J connectivity index is 2.17. The van der Waals surface area contributed by atoms with Crippen LogP contribution in [0.15, 0.2) is 29.1 Å². The van der Waals surface area contributed by atoms with E-state index in [0.29, 0.717) is 17.0 Å². The summed E-state index contributed by atoms with van der Waals surface area (Å²) in [5.41, 5.74) is 0.438. The molecule has 0 saturated carbocycles. The van der Waals surface area contributed by atoms with Crippen molar-refractivity contribution >= 4 is 17.4 Å². The number of amides is 1. The predicted octanol–water partition coefficient (Wildman–Crippen LogP) is 1.46. The molecule has 3 rings (SSSR count). The smallest absolute Gasteiger partial charge is 0.269 e. The molecule has 22 heavy (non-hydrogen) atoms. The number of carbonyl (C=O) groups excluding carboxylic acids is 1. The third-order valence-electron chi connectivity index (χ3n) is 3.55. The maximum absolute atomic E-state index is 12.2. The first-order valence-electron chi connectivity index (χ1n) is 6.60. The SMILES string of the molecule is Cc1nc2c(c(=O)[nH]1)C(c1cccc([N+](=O)[O-])c1)CC(=O)N2. The zero-order chi connectivity index (χ0) is 15.9. The van der Waals surface area contributed by atoms with Gasteiger partial charge in [-0.05, 0) is 12.5 Å². The van der Waals surface area contributed by atoms with Gasteiger partial charge < -0.3 is 10.3 Å². The van der Waals surface area contributed by atoms with Gasteiger partial charge in [-0.2, -0.15) is 0 Å². The molecular weight excluding hydrogens is 288 g/mol. The number of aromatic nitrogens is 2. The van der Waals surface area contributed by atoms with Gasteiger partial charge in [-0.3, -0.25) is 19.7 Å². The number of aromatic amines is 1. The van der Waals surface area contributed by atoms with E-state index in [1.54, 1.807) is 13.0 Å². The zero-order valence-electron chi connectivity index (χ0n) is 11.6. The maximum Gasteiger partial charge on any atom is 0.269 e. The van der Waals surface area contributed by atoms with E-state index in [2.05, 4.69) is 15.3 Å². The van der Waals surface area contributed by atoms with Gasteiger partial charge in [-0.25, -0.2) is 4.98 Å². The average Bonchev–Trinajstić information content (AvgIpc) is 2.45. The molecule has 112 valence electrons. The van der Waals surface area contributed by atoms with Gasteiger partial charge in [-0.1, -0.05) is 12.1 Å². The first kappa shape index (κ1) is 13.9. The van der Waals surface area contributed by atoms with Crippen molar-refractivity contribution in [3.05, 3.63) is 61.7 Å². The number of anilines is 1. The summed E-state index contributed by atoms with van der Waals surface area (Å²) in [4.78, 5) is 41.2. The van der Waals surface area contributed by atoms with Crippen LogP contribution in [0.2, 0.25) is 0 Å². The standard InChI is InChI=1S/C14H12N4O4/c1-7-15-13-12(14(20)16-7)10(6-11(19)17-13)8-3-2-4-9(5-8)18(21)22/h2-5,10H,6H2,1H3,(H2,15,16,17,19,20). The van der Waals surface area contributed by atoms with Gasteiger partial charge in [0.2, 0.25) is 5.91 Å². The number of nitrogens with one attached hydrogen (secondary N) is 2. The van der Waals surface area contributed by atoms with Crippen molar-refractivity contribution in [1.82, 2.24) is 9.97 Å². The highest BCUT2D eigenvalue weighted by Gasteiger charge is 2.31. The van der Waals surface area contributed by atoms with Crippen LogP contribution < -0.4 is 10.9 Å². The van der Waals surface area contributed by atoms with Crippen molar-refractivity contribution in [1.29, 1.82) is 0 Å². The number of benzene rings is 1. The van der Waals surface area contributed by atoms with Gasteiger partial charge in [0.15, 0.2) is 0 Å². The van der Waals surface area contributed by atoms with Crippen molar-refractivity contribution < 1.29 is 9.72 Å². The quantitative estimate of drug-likeness (QED) is 0.643. The van der Waals surface area contributed by atoms with Gasteiger partial charge in [-0.15, -0.1) is 0 Å². The molecule has 0 aliphatic carbocycles. The van der Waals surface area contributed by atoms with Gasteiger partial charge in [0.1, 0.15) is 11.6 Å². The summed E-state index contributed by atoms with van der Waals surface area (Å²) in [6.07, 6.45) is 0.0436. The van der Waals surface area contributed by atoms with Gasteiger partial charge >= 0.3 is 0 Å². The van der Waals surface area contributed by atoms with Crippen molar-refractivity contribution in [3.63, 3.8) is 0 Å². The van der Waals surface area contributed by atoms with E-state index in [0.717, 1.165) is 0 Å². The average molecular weight is 300 g/mol. The fourth-order valence-electron chi connectivity index (χ4n) is 2.62. The van der Waals surface area contributed by atoms with Gasteiger partial charge in [0.25, 0.3) is 11.2 Å². The van der Waals surface area contributed by atoms with E-state index in [-0.39, 0.29) is 29.4 Å². The number of rotatable bonds is 2. The lowest BCUT2D eigenvalue weighted by Crippen LogP contribution is -2.31.